The van der Waals surface area contributed by atoms with Gasteiger partial charge < -0.3 is 9.42 Å². The fraction of sp³-hybridized carbons (Fsp3) is 0.600. The van der Waals surface area contributed by atoms with Crippen LogP contribution in [-0.2, 0) is 6.54 Å². The van der Waals surface area contributed by atoms with Crippen molar-refractivity contribution in [2.75, 3.05) is 25.0 Å². The van der Waals surface area contributed by atoms with Crippen molar-refractivity contribution in [2.24, 2.45) is 0 Å². The number of aromatic nitrogens is 4. The summed E-state index contributed by atoms with van der Waals surface area (Å²) in [4.78, 5) is 17.6. The minimum absolute atomic E-state index is 0.478. The second-order valence-corrected chi connectivity index (χ2v) is 5.91. The lowest BCUT2D eigenvalue weighted by molar-refractivity contribution is 0.196. The molecule has 0 bridgehead atoms. The Kier molecular flexibility index (Phi) is 4.33. The van der Waals surface area contributed by atoms with Crippen LogP contribution in [0.3, 0.4) is 0 Å². The van der Waals surface area contributed by atoms with Crippen LogP contribution in [-0.4, -0.2) is 51.2 Å². The maximum atomic E-state index is 5.02. The van der Waals surface area contributed by atoms with Crippen molar-refractivity contribution in [3.05, 3.63) is 29.7 Å². The lowest BCUT2D eigenvalue weighted by Crippen LogP contribution is -2.43. The van der Waals surface area contributed by atoms with Crippen molar-refractivity contribution in [2.45, 2.75) is 39.3 Å². The summed E-state index contributed by atoms with van der Waals surface area (Å²) in [5.74, 6) is 2.20. The minimum Gasteiger partial charge on any atom is -0.341 e. The van der Waals surface area contributed by atoms with Gasteiger partial charge in [0.1, 0.15) is 0 Å². The zero-order valence-corrected chi connectivity index (χ0v) is 13.4. The Morgan fingerprint density at radius 3 is 2.50 bits per heavy atom. The average molecular weight is 302 g/mol. The van der Waals surface area contributed by atoms with Crippen LogP contribution >= 0.6 is 0 Å². The number of anilines is 1. The molecule has 1 saturated heterocycles. The lowest BCUT2D eigenvalue weighted by Gasteiger charge is -2.36. The standard InChI is InChI=1S/C15H22N6O/c1-11-8-16-15(17-9-11)20(3)13-4-6-21(7-5-13)10-14-18-12(2)22-19-14/h8-9,13H,4-7,10H2,1-3H3. The summed E-state index contributed by atoms with van der Waals surface area (Å²) in [6, 6.07) is 0.478. The van der Waals surface area contributed by atoms with E-state index in [0.717, 1.165) is 49.8 Å². The van der Waals surface area contributed by atoms with E-state index in [1.807, 2.05) is 26.2 Å². The molecule has 0 saturated carbocycles. The van der Waals surface area contributed by atoms with E-state index in [1.165, 1.54) is 0 Å². The SMILES string of the molecule is Cc1cnc(N(C)C2CCN(Cc3noc(C)n3)CC2)nc1. The van der Waals surface area contributed by atoms with E-state index in [1.54, 1.807) is 0 Å². The summed E-state index contributed by atoms with van der Waals surface area (Å²) in [5.41, 5.74) is 1.09. The fourth-order valence-corrected chi connectivity index (χ4v) is 2.80. The van der Waals surface area contributed by atoms with E-state index in [2.05, 4.69) is 37.0 Å². The van der Waals surface area contributed by atoms with Gasteiger partial charge in [-0.1, -0.05) is 5.16 Å². The maximum absolute atomic E-state index is 5.02. The van der Waals surface area contributed by atoms with Crippen LogP contribution in [0.15, 0.2) is 16.9 Å². The normalized spacial score (nSPS) is 16.9. The van der Waals surface area contributed by atoms with E-state index >= 15 is 0 Å². The van der Waals surface area contributed by atoms with Gasteiger partial charge in [0.05, 0.1) is 6.54 Å². The number of piperidine rings is 1. The predicted molar refractivity (Wildman–Crippen MR) is 82.5 cm³/mol. The van der Waals surface area contributed by atoms with Crippen LogP contribution in [0.2, 0.25) is 0 Å². The first kappa shape index (κ1) is 14.9. The molecule has 1 aliphatic rings. The molecule has 3 rings (SSSR count). The smallest absolute Gasteiger partial charge is 0.225 e. The number of aryl methyl sites for hydroxylation is 2. The summed E-state index contributed by atoms with van der Waals surface area (Å²) in [6.45, 7) is 6.62. The molecule has 7 nitrogen and oxygen atoms in total. The third kappa shape index (κ3) is 3.41. The topological polar surface area (TPSA) is 71.2 Å². The largest absolute Gasteiger partial charge is 0.341 e. The van der Waals surface area contributed by atoms with Crippen LogP contribution in [0.4, 0.5) is 5.95 Å². The molecule has 0 N–H and O–H groups in total. The maximum Gasteiger partial charge on any atom is 0.225 e. The van der Waals surface area contributed by atoms with Gasteiger partial charge in [0.15, 0.2) is 5.82 Å². The van der Waals surface area contributed by atoms with Crippen molar-refractivity contribution in [3.63, 3.8) is 0 Å². The van der Waals surface area contributed by atoms with E-state index in [-0.39, 0.29) is 0 Å². The van der Waals surface area contributed by atoms with Crippen LogP contribution in [0.5, 0.6) is 0 Å². The monoisotopic (exact) mass is 302 g/mol. The van der Waals surface area contributed by atoms with Gasteiger partial charge in [0, 0.05) is 45.5 Å². The summed E-state index contributed by atoms with van der Waals surface area (Å²) in [5, 5.41) is 3.96. The molecular weight excluding hydrogens is 280 g/mol. The quantitative estimate of drug-likeness (QED) is 0.849. The van der Waals surface area contributed by atoms with E-state index in [9.17, 15) is 0 Å². The first-order chi connectivity index (χ1) is 10.6. The van der Waals surface area contributed by atoms with E-state index in [4.69, 9.17) is 4.52 Å². The highest BCUT2D eigenvalue weighted by Gasteiger charge is 2.24. The Balaban J connectivity index is 1.53. The molecular formula is C15H22N6O. The molecule has 2 aromatic heterocycles. The van der Waals surface area contributed by atoms with Gasteiger partial charge in [-0.15, -0.1) is 0 Å². The van der Waals surface area contributed by atoms with Crippen molar-refractivity contribution < 1.29 is 4.52 Å². The Bertz CT molecular complexity index is 603. The highest BCUT2D eigenvalue weighted by Crippen LogP contribution is 2.20. The minimum atomic E-state index is 0.478. The Morgan fingerprint density at radius 1 is 1.23 bits per heavy atom. The number of hydrogen-bond donors (Lipinski definition) is 0. The Morgan fingerprint density at radius 2 is 1.91 bits per heavy atom. The number of nitrogens with zero attached hydrogens (tertiary/aromatic N) is 6. The molecule has 0 radical (unpaired) electrons. The molecule has 1 aliphatic heterocycles. The number of hydrogen-bond acceptors (Lipinski definition) is 7. The predicted octanol–water partition coefficient (Wildman–Crippen LogP) is 1.58. The first-order valence-corrected chi connectivity index (χ1v) is 7.65. The second-order valence-electron chi connectivity index (χ2n) is 5.91. The van der Waals surface area contributed by atoms with Gasteiger partial charge in [-0.2, -0.15) is 4.98 Å². The summed E-state index contributed by atoms with van der Waals surface area (Å²) < 4.78 is 5.02. The molecule has 0 spiro atoms. The average Bonchev–Trinajstić information content (AvgIpc) is 2.93. The van der Waals surface area contributed by atoms with Gasteiger partial charge in [0.25, 0.3) is 0 Å². The molecule has 3 heterocycles. The van der Waals surface area contributed by atoms with Crippen molar-refractivity contribution in [3.8, 4) is 0 Å². The number of rotatable bonds is 4. The third-order valence-electron chi connectivity index (χ3n) is 4.12. The van der Waals surface area contributed by atoms with Gasteiger partial charge in [0.2, 0.25) is 11.8 Å². The summed E-state index contributed by atoms with van der Waals surface area (Å²) in [7, 11) is 2.08. The van der Waals surface area contributed by atoms with Gasteiger partial charge >= 0.3 is 0 Å². The molecule has 2 aromatic rings. The van der Waals surface area contributed by atoms with Crippen molar-refractivity contribution in [1.82, 2.24) is 25.0 Å². The zero-order chi connectivity index (χ0) is 15.5. The zero-order valence-electron chi connectivity index (χ0n) is 13.4. The molecule has 0 aliphatic carbocycles. The Labute approximate surface area is 130 Å². The van der Waals surface area contributed by atoms with Crippen LogP contribution in [0.1, 0.15) is 30.1 Å². The van der Waals surface area contributed by atoms with Gasteiger partial charge in [-0.05, 0) is 25.3 Å². The molecule has 0 amide bonds. The molecule has 0 unspecified atom stereocenters. The lowest BCUT2D eigenvalue weighted by atomic mass is 10.0. The molecule has 7 heteroatoms. The second kappa shape index (κ2) is 6.39. The van der Waals surface area contributed by atoms with Crippen LogP contribution in [0.25, 0.3) is 0 Å². The summed E-state index contributed by atoms with van der Waals surface area (Å²) >= 11 is 0. The molecule has 0 atom stereocenters. The fourth-order valence-electron chi connectivity index (χ4n) is 2.80. The number of likely N-dealkylation sites (tertiary alicyclic amines) is 1. The molecule has 1 fully saturated rings. The Hall–Kier alpha value is -2.02. The van der Waals surface area contributed by atoms with E-state index in [0.29, 0.717) is 11.9 Å². The van der Waals surface area contributed by atoms with Crippen molar-refractivity contribution >= 4 is 5.95 Å². The van der Waals surface area contributed by atoms with Crippen LogP contribution in [0, 0.1) is 13.8 Å². The van der Waals surface area contributed by atoms with Crippen LogP contribution < -0.4 is 4.90 Å². The highest BCUT2D eigenvalue weighted by atomic mass is 16.5. The molecule has 22 heavy (non-hydrogen) atoms. The summed E-state index contributed by atoms with van der Waals surface area (Å²) in [6.07, 6.45) is 5.91. The van der Waals surface area contributed by atoms with Gasteiger partial charge in [-0.25, -0.2) is 9.97 Å². The third-order valence-corrected chi connectivity index (χ3v) is 4.12. The highest BCUT2D eigenvalue weighted by molar-refractivity contribution is 5.30. The van der Waals surface area contributed by atoms with E-state index < -0.39 is 0 Å². The first-order valence-electron chi connectivity index (χ1n) is 7.65. The molecule has 118 valence electrons. The van der Waals surface area contributed by atoms with Crippen molar-refractivity contribution in [1.29, 1.82) is 0 Å². The molecule has 0 aromatic carbocycles. The van der Waals surface area contributed by atoms with Gasteiger partial charge in [-0.3, -0.25) is 4.90 Å².